The summed E-state index contributed by atoms with van der Waals surface area (Å²) in [6.45, 7) is 1.03. The second kappa shape index (κ2) is 6.31. The van der Waals surface area contributed by atoms with Gasteiger partial charge in [-0.1, -0.05) is 0 Å². The number of anilines is 1. The molecule has 2 N–H and O–H groups in total. The molecule has 1 aliphatic heterocycles. The first kappa shape index (κ1) is 14.2. The quantitative estimate of drug-likeness (QED) is 0.842. The van der Waals surface area contributed by atoms with E-state index in [2.05, 4.69) is 15.0 Å². The van der Waals surface area contributed by atoms with Crippen molar-refractivity contribution in [2.75, 3.05) is 25.5 Å². The van der Waals surface area contributed by atoms with Crippen LogP contribution >= 0.6 is 0 Å². The Hall–Kier alpha value is -1.18. The van der Waals surface area contributed by atoms with Crippen LogP contribution in [0.1, 0.15) is 19.3 Å². The standard InChI is InChI=1S/C12H19N3O3S/c1-13-12-8-11(5-6-14-12)19(16,17)15-9-10-4-2-3-7-18-10/h5-6,8,10,15H,2-4,7,9H2,1H3,(H,13,14). The van der Waals surface area contributed by atoms with Crippen molar-refractivity contribution in [3.8, 4) is 0 Å². The van der Waals surface area contributed by atoms with Gasteiger partial charge in [-0.3, -0.25) is 0 Å². The third-order valence-electron chi connectivity index (χ3n) is 3.07. The lowest BCUT2D eigenvalue weighted by atomic mass is 10.1. The fourth-order valence-corrected chi connectivity index (χ4v) is 3.05. The van der Waals surface area contributed by atoms with E-state index in [1.165, 1.54) is 18.3 Å². The van der Waals surface area contributed by atoms with Crippen LogP contribution in [0.15, 0.2) is 23.2 Å². The molecule has 1 aromatic heterocycles. The van der Waals surface area contributed by atoms with Crippen LogP contribution in [0, 0.1) is 0 Å². The molecule has 0 amide bonds. The molecule has 7 heteroatoms. The van der Waals surface area contributed by atoms with E-state index >= 15 is 0 Å². The first-order valence-corrected chi connectivity index (χ1v) is 7.85. The average Bonchev–Trinajstić information content (AvgIpc) is 2.46. The van der Waals surface area contributed by atoms with Gasteiger partial charge >= 0.3 is 0 Å². The number of nitrogens with one attached hydrogen (secondary N) is 2. The molecule has 1 unspecified atom stereocenters. The van der Waals surface area contributed by atoms with Gasteiger partial charge in [0.05, 0.1) is 11.0 Å². The van der Waals surface area contributed by atoms with Crippen LogP contribution in [0.3, 0.4) is 0 Å². The molecule has 1 aliphatic rings. The molecule has 0 aliphatic carbocycles. The minimum Gasteiger partial charge on any atom is -0.377 e. The highest BCUT2D eigenvalue weighted by Crippen LogP contribution is 2.15. The number of sulfonamides is 1. The van der Waals surface area contributed by atoms with Crippen molar-refractivity contribution in [2.24, 2.45) is 0 Å². The molecule has 6 nitrogen and oxygen atoms in total. The molecule has 0 spiro atoms. The first-order chi connectivity index (χ1) is 9.12. The van der Waals surface area contributed by atoms with Crippen molar-refractivity contribution in [3.63, 3.8) is 0 Å². The minimum atomic E-state index is -3.50. The summed E-state index contributed by atoms with van der Waals surface area (Å²) in [5, 5.41) is 2.82. The van der Waals surface area contributed by atoms with E-state index in [9.17, 15) is 8.42 Å². The summed E-state index contributed by atoms with van der Waals surface area (Å²) in [5.74, 6) is 0.525. The van der Waals surface area contributed by atoms with E-state index < -0.39 is 10.0 Å². The normalized spacial score (nSPS) is 20.2. The summed E-state index contributed by atoms with van der Waals surface area (Å²) in [7, 11) is -1.81. The summed E-state index contributed by atoms with van der Waals surface area (Å²) in [6, 6.07) is 2.98. The summed E-state index contributed by atoms with van der Waals surface area (Å²) >= 11 is 0. The van der Waals surface area contributed by atoms with Gasteiger partial charge in [0.1, 0.15) is 5.82 Å². The lowest BCUT2D eigenvalue weighted by Crippen LogP contribution is -2.35. The number of nitrogens with zero attached hydrogens (tertiary/aromatic N) is 1. The predicted octanol–water partition coefficient (Wildman–Crippen LogP) is 0.971. The summed E-state index contributed by atoms with van der Waals surface area (Å²) in [6.07, 6.45) is 4.50. The third-order valence-corrected chi connectivity index (χ3v) is 4.49. The number of ether oxygens (including phenoxy) is 1. The first-order valence-electron chi connectivity index (χ1n) is 6.37. The molecule has 0 bridgehead atoms. The maximum Gasteiger partial charge on any atom is 0.240 e. The van der Waals surface area contributed by atoms with Gasteiger partial charge in [-0.2, -0.15) is 0 Å². The SMILES string of the molecule is CNc1cc(S(=O)(=O)NCC2CCCCO2)ccn1. The highest BCUT2D eigenvalue weighted by atomic mass is 32.2. The van der Waals surface area contributed by atoms with Gasteiger partial charge in [0, 0.05) is 32.5 Å². The van der Waals surface area contributed by atoms with E-state index in [-0.39, 0.29) is 11.0 Å². The molecule has 1 fully saturated rings. The van der Waals surface area contributed by atoms with Crippen LogP contribution in [0.4, 0.5) is 5.82 Å². The lowest BCUT2D eigenvalue weighted by Gasteiger charge is -2.22. The predicted molar refractivity (Wildman–Crippen MR) is 72.6 cm³/mol. The molecular weight excluding hydrogens is 266 g/mol. The number of hydrogen-bond acceptors (Lipinski definition) is 5. The van der Waals surface area contributed by atoms with Crippen molar-refractivity contribution in [3.05, 3.63) is 18.3 Å². The average molecular weight is 285 g/mol. The zero-order valence-corrected chi connectivity index (χ0v) is 11.7. The van der Waals surface area contributed by atoms with Gasteiger partial charge < -0.3 is 10.1 Å². The molecule has 106 valence electrons. The highest BCUT2D eigenvalue weighted by molar-refractivity contribution is 7.89. The van der Waals surface area contributed by atoms with E-state index in [0.29, 0.717) is 19.0 Å². The highest BCUT2D eigenvalue weighted by Gasteiger charge is 2.19. The van der Waals surface area contributed by atoms with Gasteiger partial charge in [0.25, 0.3) is 0 Å². The van der Waals surface area contributed by atoms with Crippen LogP contribution in [-0.4, -0.2) is 39.7 Å². The Labute approximate surface area is 113 Å². The van der Waals surface area contributed by atoms with Crippen LogP contribution in [0.5, 0.6) is 0 Å². The van der Waals surface area contributed by atoms with Gasteiger partial charge in [0.2, 0.25) is 10.0 Å². The monoisotopic (exact) mass is 285 g/mol. The van der Waals surface area contributed by atoms with Crippen LogP contribution in [-0.2, 0) is 14.8 Å². The number of pyridine rings is 1. The molecule has 2 rings (SSSR count). The van der Waals surface area contributed by atoms with Crippen LogP contribution in [0.2, 0.25) is 0 Å². The van der Waals surface area contributed by atoms with Crippen molar-refractivity contribution in [2.45, 2.75) is 30.3 Å². The Morgan fingerprint density at radius 1 is 1.47 bits per heavy atom. The summed E-state index contributed by atoms with van der Waals surface area (Å²) in [5.41, 5.74) is 0. The maximum absolute atomic E-state index is 12.1. The zero-order valence-electron chi connectivity index (χ0n) is 10.9. The Morgan fingerprint density at radius 2 is 2.32 bits per heavy atom. The molecule has 0 radical (unpaired) electrons. The van der Waals surface area contributed by atoms with Gasteiger partial charge in [-0.25, -0.2) is 18.1 Å². The summed E-state index contributed by atoms with van der Waals surface area (Å²) in [4.78, 5) is 4.20. The second-order valence-corrected chi connectivity index (χ2v) is 6.23. The second-order valence-electron chi connectivity index (χ2n) is 4.47. The topological polar surface area (TPSA) is 80.3 Å². The zero-order chi connectivity index (χ0) is 13.7. The minimum absolute atomic E-state index is 0.0193. The van der Waals surface area contributed by atoms with Crippen molar-refractivity contribution in [1.29, 1.82) is 0 Å². The van der Waals surface area contributed by atoms with Crippen molar-refractivity contribution in [1.82, 2.24) is 9.71 Å². The molecule has 0 saturated carbocycles. The fourth-order valence-electron chi connectivity index (χ4n) is 1.97. The van der Waals surface area contributed by atoms with Gasteiger partial charge in [-0.05, 0) is 25.3 Å². The molecule has 0 aromatic carbocycles. The molecule has 2 heterocycles. The van der Waals surface area contributed by atoms with E-state index in [4.69, 9.17) is 4.74 Å². The Bertz CT molecular complexity index is 513. The smallest absolute Gasteiger partial charge is 0.240 e. The number of aromatic nitrogens is 1. The van der Waals surface area contributed by atoms with Crippen LogP contribution < -0.4 is 10.0 Å². The lowest BCUT2D eigenvalue weighted by molar-refractivity contribution is 0.0200. The van der Waals surface area contributed by atoms with Crippen molar-refractivity contribution < 1.29 is 13.2 Å². The number of hydrogen-bond donors (Lipinski definition) is 2. The largest absolute Gasteiger partial charge is 0.377 e. The molecule has 1 aromatic rings. The van der Waals surface area contributed by atoms with E-state index in [1.807, 2.05) is 0 Å². The van der Waals surface area contributed by atoms with Gasteiger partial charge in [-0.15, -0.1) is 0 Å². The molecule has 1 saturated heterocycles. The summed E-state index contributed by atoms with van der Waals surface area (Å²) < 4.78 is 32.3. The molecule has 19 heavy (non-hydrogen) atoms. The van der Waals surface area contributed by atoms with Crippen LogP contribution in [0.25, 0.3) is 0 Å². The Kier molecular flexibility index (Phi) is 4.73. The fraction of sp³-hybridized carbons (Fsp3) is 0.583. The molecule has 1 atom stereocenters. The van der Waals surface area contributed by atoms with E-state index in [0.717, 1.165) is 19.3 Å². The Morgan fingerprint density at radius 3 is 3.00 bits per heavy atom. The van der Waals surface area contributed by atoms with Crippen molar-refractivity contribution >= 4 is 15.8 Å². The number of rotatable bonds is 5. The Balaban J connectivity index is 2.00. The third kappa shape index (κ3) is 3.89. The molecular formula is C12H19N3O3S. The maximum atomic E-state index is 12.1. The van der Waals surface area contributed by atoms with E-state index in [1.54, 1.807) is 7.05 Å². The van der Waals surface area contributed by atoms with Gasteiger partial charge in [0.15, 0.2) is 0 Å².